The topological polar surface area (TPSA) is 85.8 Å². The van der Waals surface area contributed by atoms with E-state index in [0.717, 1.165) is 13.0 Å². The van der Waals surface area contributed by atoms with Crippen LogP contribution in [0.15, 0.2) is 36.8 Å². The molecule has 2 rings (SSSR count). The van der Waals surface area contributed by atoms with E-state index in [1.54, 1.807) is 30.1 Å². The molecule has 0 saturated heterocycles. The van der Waals surface area contributed by atoms with E-state index in [2.05, 4.69) is 15.4 Å². The summed E-state index contributed by atoms with van der Waals surface area (Å²) in [6.45, 7) is 2.38. The highest BCUT2D eigenvalue weighted by atomic mass is 35.5. The minimum absolute atomic E-state index is 0. The lowest BCUT2D eigenvalue weighted by Gasteiger charge is -2.04. The summed E-state index contributed by atoms with van der Waals surface area (Å²) in [6, 6.07) is 5.17. The molecule has 0 aliphatic heterocycles. The Morgan fingerprint density at radius 2 is 2.00 bits per heavy atom. The monoisotopic (exact) mass is 331 g/mol. The van der Waals surface area contributed by atoms with Gasteiger partial charge in [-0.3, -0.25) is 14.5 Å². The first-order valence-electron chi connectivity index (χ1n) is 6.14. The predicted molar refractivity (Wildman–Crippen MR) is 86.9 cm³/mol. The number of carbonyl (C=O) groups is 1. The molecule has 0 spiro atoms. The molecule has 1 amide bonds. The number of anilines is 1. The Kier molecular flexibility index (Phi) is 8.61. The molecule has 0 radical (unpaired) electrons. The quantitative estimate of drug-likeness (QED) is 0.872. The summed E-state index contributed by atoms with van der Waals surface area (Å²) in [5.41, 5.74) is 6.67. The Labute approximate surface area is 135 Å². The van der Waals surface area contributed by atoms with Crippen molar-refractivity contribution in [2.45, 2.75) is 25.9 Å². The molecule has 0 fully saturated rings. The maximum atomic E-state index is 11.4. The van der Waals surface area contributed by atoms with Gasteiger partial charge in [0, 0.05) is 31.2 Å². The molecule has 0 unspecified atom stereocenters. The van der Waals surface area contributed by atoms with Gasteiger partial charge < -0.3 is 11.1 Å². The maximum Gasteiger partial charge on any atom is 0.242 e. The number of rotatable bonds is 5. The lowest BCUT2D eigenvalue weighted by molar-refractivity contribution is -0.117. The molecule has 1 atom stereocenters. The number of aryl methyl sites for hydroxylation is 2. The Bertz CT molecular complexity index is 545. The van der Waals surface area contributed by atoms with Gasteiger partial charge in [-0.25, -0.2) is 0 Å². The fraction of sp³-hybridized carbons (Fsp3) is 0.308. The molecule has 3 N–H and O–H groups in total. The van der Waals surface area contributed by atoms with Crippen molar-refractivity contribution in [3.8, 4) is 0 Å². The molecule has 2 aromatic heterocycles. The summed E-state index contributed by atoms with van der Waals surface area (Å²) >= 11 is 0. The van der Waals surface area contributed by atoms with Crippen LogP contribution in [0.25, 0.3) is 0 Å². The van der Waals surface area contributed by atoms with Gasteiger partial charge >= 0.3 is 0 Å². The van der Waals surface area contributed by atoms with Gasteiger partial charge in [0.2, 0.25) is 5.91 Å². The van der Waals surface area contributed by atoms with Gasteiger partial charge in [-0.1, -0.05) is 0 Å². The largest absolute Gasteiger partial charge is 0.320 e. The van der Waals surface area contributed by atoms with Crippen LogP contribution in [0, 0.1) is 0 Å². The van der Waals surface area contributed by atoms with Crippen molar-refractivity contribution in [1.29, 1.82) is 0 Å². The van der Waals surface area contributed by atoms with E-state index >= 15 is 0 Å². The minimum Gasteiger partial charge on any atom is -0.320 e. The van der Waals surface area contributed by atoms with Crippen LogP contribution in [0.4, 0.5) is 5.82 Å². The maximum absolute atomic E-state index is 11.4. The molecule has 0 aliphatic rings. The molecule has 0 aliphatic carbocycles. The van der Waals surface area contributed by atoms with E-state index in [9.17, 15) is 4.79 Å². The van der Waals surface area contributed by atoms with Crippen LogP contribution in [-0.2, 0) is 17.8 Å². The number of aromatic nitrogens is 3. The van der Waals surface area contributed by atoms with Crippen LogP contribution < -0.4 is 11.1 Å². The summed E-state index contributed by atoms with van der Waals surface area (Å²) < 4.78 is 1.79. The second-order valence-electron chi connectivity index (χ2n) is 4.35. The summed E-state index contributed by atoms with van der Waals surface area (Å²) in [6.07, 6.45) is 6.24. The van der Waals surface area contributed by atoms with Crippen LogP contribution in [-0.4, -0.2) is 26.7 Å². The van der Waals surface area contributed by atoms with Crippen LogP contribution >= 0.6 is 24.8 Å². The average Bonchev–Trinajstić information content (AvgIpc) is 2.85. The Balaban J connectivity index is 0.00000200. The van der Waals surface area contributed by atoms with Crippen LogP contribution in [0.5, 0.6) is 0 Å². The first-order chi connectivity index (χ1) is 9.15. The molecular weight excluding hydrogens is 313 g/mol. The van der Waals surface area contributed by atoms with Crippen molar-refractivity contribution < 1.29 is 4.79 Å². The van der Waals surface area contributed by atoms with E-state index in [4.69, 9.17) is 5.73 Å². The molecule has 2 aromatic rings. The zero-order valence-corrected chi connectivity index (χ0v) is 13.2. The SMILES string of the molecule is C[C@@H](N)C(=O)Nc1ccn(CCc2ccncc2)n1.Cl.Cl. The summed E-state index contributed by atoms with van der Waals surface area (Å²) in [7, 11) is 0. The van der Waals surface area contributed by atoms with Gasteiger partial charge in [0.25, 0.3) is 0 Å². The van der Waals surface area contributed by atoms with Crippen LogP contribution in [0.1, 0.15) is 12.5 Å². The molecule has 6 nitrogen and oxygen atoms in total. The Morgan fingerprint density at radius 1 is 1.33 bits per heavy atom. The summed E-state index contributed by atoms with van der Waals surface area (Å²) in [5, 5.41) is 6.92. The zero-order chi connectivity index (χ0) is 13.7. The van der Waals surface area contributed by atoms with E-state index < -0.39 is 6.04 Å². The lowest BCUT2D eigenvalue weighted by atomic mass is 10.2. The molecule has 0 aromatic carbocycles. The molecule has 2 heterocycles. The molecule has 116 valence electrons. The molecule has 0 bridgehead atoms. The molecule has 0 saturated carbocycles. The van der Waals surface area contributed by atoms with Crippen LogP contribution in [0.3, 0.4) is 0 Å². The zero-order valence-electron chi connectivity index (χ0n) is 11.6. The number of amides is 1. The van der Waals surface area contributed by atoms with Crippen molar-refractivity contribution in [1.82, 2.24) is 14.8 Å². The third-order valence-corrected chi connectivity index (χ3v) is 2.68. The number of hydrogen-bond acceptors (Lipinski definition) is 4. The third-order valence-electron chi connectivity index (χ3n) is 2.68. The molecule has 21 heavy (non-hydrogen) atoms. The highest BCUT2D eigenvalue weighted by molar-refractivity contribution is 5.93. The van der Waals surface area contributed by atoms with E-state index in [1.807, 2.05) is 18.3 Å². The number of halogens is 2. The Hall–Kier alpha value is -1.63. The van der Waals surface area contributed by atoms with Gasteiger partial charge in [-0.05, 0) is 31.0 Å². The second-order valence-corrected chi connectivity index (χ2v) is 4.35. The fourth-order valence-corrected chi connectivity index (χ4v) is 1.59. The third kappa shape index (κ3) is 6.12. The van der Waals surface area contributed by atoms with Crippen molar-refractivity contribution in [3.05, 3.63) is 42.4 Å². The number of nitrogens with zero attached hydrogens (tertiary/aromatic N) is 3. The standard InChI is InChI=1S/C13H17N5O.2ClH/c1-10(14)13(19)16-12-5-9-18(17-12)8-4-11-2-6-15-7-3-11;;/h2-3,5-7,9-10H,4,8,14H2,1H3,(H,16,17,19);2*1H/t10-;;/m1../s1. The first-order valence-corrected chi connectivity index (χ1v) is 6.14. The van der Waals surface area contributed by atoms with Crippen molar-refractivity contribution in [2.75, 3.05) is 5.32 Å². The number of nitrogens with one attached hydrogen (secondary N) is 1. The van der Waals surface area contributed by atoms with Gasteiger partial charge in [0.15, 0.2) is 5.82 Å². The number of carbonyl (C=O) groups excluding carboxylic acids is 1. The summed E-state index contributed by atoms with van der Waals surface area (Å²) in [4.78, 5) is 15.4. The number of hydrogen-bond donors (Lipinski definition) is 2. The average molecular weight is 332 g/mol. The van der Waals surface area contributed by atoms with Crippen molar-refractivity contribution >= 4 is 36.5 Å². The smallest absolute Gasteiger partial charge is 0.242 e. The minimum atomic E-state index is -0.540. The number of pyridine rings is 1. The lowest BCUT2D eigenvalue weighted by Crippen LogP contribution is -2.32. The second kappa shape index (κ2) is 9.33. The van der Waals surface area contributed by atoms with Crippen molar-refractivity contribution in [2.24, 2.45) is 5.73 Å². The normalized spacial score (nSPS) is 11.0. The summed E-state index contributed by atoms with van der Waals surface area (Å²) in [5.74, 6) is 0.288. The first kappa shape index (κ1) is 19.4. The fourth-order valence-electron chi connectivity index (χ4n) is 1.59. The number of nitrogens with two attached hydrogens (primary N) is 1. The highest BCUT2D eigenvalue weighted by Crippen LogP contribution is 2.05. The molecular formula is C13H19Cl2N5O. The van der Waals surface area contributed by atoms with Gasteiger partial charge in [0.05, 0.1) is 6.04 Å². The Morgan fingerprint density at radius 3 is 2.62 bits per heavy atom. The highest BCUT2D eigenvalue weighted by Gasteiger charge is 2.09. The van der Waals surface area contributed by atoms with Crippen LogP contribution in [0.2, 0.25) is 0 Å². The van der Waals surface area contributed by atoms with E-state index in [-0.39, 0.29) is 30.7 Å². The molecule has 8 heteroatoms. The van der Waals surface area contributed by atoms with Crippen molar-refractivity contribution in [3.63, 3.8) is 0 Å². The van der Waals surface area contributed by atoms with E-state index in [0.29, 0.717) is 5.82 Å². The van der Waals surface area contributed by atoms with Gasteiger partial charge in [-0.15, -0.1) is 24.8 Å². The van der Waals surface area contributed by atoms with E-state index in [1.165, 1.54) is 5.56 Å². The van der Waals surface area contributed by atoms with Gasteiger partial charge in [0.1, 0.15) is 0 Å². The van der Waals surface area contributed by atoms with Gasteiger partial charge in [-0.2, -0.15) is 5.10 Å². The predicted octanol–water partition coefficient (Wildman–Crippen LogP) is 1.65.